The Morgan fingerprint density at radius 2 is 2.14 bits per heavy atom. The van der Waals surface area contributed by atoms with Crippen molar-refractivity contribution in [1.82, 2.24) is 20.1 Å². The first-order chi connectivity index (χ1) is 10.0. The van der Waals surface area contributed by atoms with Crippen molar-refractivity contribution in [2.24, 2.45) is 7.05 Å². The van der Waals surface area contributed by atoms with E-state index in [1.165, 1.54) is 10.5 Å². The molecule has 0 radical (unpaired) electrons. The first-order valence-electron chi connectivity index (χ1n) is 7.09. The number of benzene rings is 1. The second kappa shape index (κ2) is 7.42. The van der Waals surface area contributed by atoms with E-state index in [0.29, 0.717) is 6.04 Å². The van der Waals surface area contributed by atoms with Gasteiger partial charge in [0.05, 0.1) is 0 Å². The normalized spacial score (nSPS) is 12.6. The topological polar surface area (TPSA) is 42.7 Å². The first-order valence-corrected chi connectivity index (χ1v) is 8.70. The average Bonchev–Trinajstić information content (AvgIpc) is 2.78. The molecule has 1 aromatic heterocycles. The van der Waals surface area contributed by atoms with Crippen LogP contribution in [0.5, 0.6) is 0 Å². The molecule has 0 amide bonds. The highest BCUT2D eigenvalue weighted by Gasteiger charge is 2.14. The predicted octanol–water partition coefficient (Wildman–Crippen LogP) is 4.10. The molecule has 1 unspecified atom stereocenters. The van der Waals surface area contributed by atoms with Crippen molar-refractivity contribution in [3.8, 4) is 0 Å². The Kier molecular flexibility index (Phi) is 5.84. The summed E-state index contributed by atoms with van der Waals surface area (Å²) in [5.41, 5.74) is 1.28. The number of nitrogens with one attached hydrogen (secondary N) is 1. The van der Waals surface area contributed by atoms with Crippen LogP contribution < -0.4 is 5.32 Å². The van der Waals surface area contributed by atoms with E-state index in [-0.39, 0.29) is 0 Å². The molecule has 0 spiro atoms. The second-order valence-electron chi connectivity index (χ2n) is 5.05. The molecule has 114 valence electrons. The number of nitrogens with zero attached hydrogens (tertiary/aromatic N) is 3. The Hall–Kier alpha value is -0.850. The van der Waals surface area contributed by atoms with Crippen LogP contribution in [-0.4, -0.2) is 21.3 Å². The van der Waals surface area contributed by atoms with Gasteiger partial charge < -0.3 is 9.88 Å². The molecule has 1 aromatic carbocycles. The maximum absolute atomic E-state index is 4.24. The number of aromatic nitrogens is 3. The lowest BCUT2D eigenvalue weighted by Crippen LogP contribution is -2.19. The van der Waals surface area contributed by atoms with Crippen molar-refractivity contribution in [3.63, 3.8) is 0 Å². The molecule has 1 atom stereocenters. The number of halogens is 1. The van der Waals surface area contributed by atoms with Gasteiger partial charge in [-0.3, -0.25) is 0 Å². The predicted molar refractivity (Wildman–Crippen MR) is 90.7 cm³/mol. The highest BCUT2D eigenvalue weighted by Crippen LogP contribution is 2.34. The van der Waals surface area contributed by atoms with Crippen LogP contribution in [0.3, 0.4) is 0 Å². The fourth-order valence-corrected chi connectivity index (χ4v) is 3.41. The molecule has 0 saturated carbocycles. The molecule has 0 aliphatic rings. The van der Waals surface area contributed by atoms with Crippen LogP contribution in [0, 0.1) is 6.92 Å². The standard InChI is InChI=1S/C15H21BrN4S/c1-5-8-17-10(2)13-9-12(16)6-7-14(13)21-15-19-18-11(3)20(15)4/h6-7,9-10,17H,5,8H2,1-4H3. The van der Waals surface area contributed by atoms with E-state index in [1.54, 1.807) is 11.8 Å². The molecule has 21 heavy (non-hydrogen) atoms. The molecule has 2 rings (SSSR count). The molecular formula is C15H21BrN4S. The van der Waals surface area contributed by atoms with Gasteiger partial charge in [0.15, 0.2) is 5.16 Å². The largest absolute Gasteiger partial charge is 0.310 e. The summed E-state index contributed by atoms with van der Waals surface area (Å²) in [5, 5.41) is 12.8. The second-order valence-corrected chi connectivity index (χ2v) is 6.97. The summed E-state index contributed by atoms with van der Waals surface area (Å²) in [7, 11) is 1.99. The maximum Gasteiger partial charge on any atom is 0.195 e. The van der Waals surface area contributed by atoms with Crippen molar-refractivity contribution in [2.45, 2.75) is 43.3 Å². The van der Waals surface area contributed by atoms with E-state index in [2.05, 4.69) is 63.5 Å². The molecule has 1 N–H and O–H groups in total. The summed E-state index contributed by atoms with van der Waals surface area (Å²) in [5.74, 6) is 0.924. The molecular weight excluding hydrogens is 348 g/mol. The molecule has 6 heteroatoms. The van der Waals surface area contributed by atoms with Gasteiger partial charge in [-0.05, 0) is 62.3 Å². The Morgan fingerprint density at radius 1 is 1.38 bits per heavy atom. The Labute approximate surface area is 138 Å². The van der Waals surface area contributed by atoms with E-state index in [4.69, 9.17) is 0 Å². The number of rotatable bonds is 6. The monoisotopic (exact) mass is 368 g/mol. The van der Waals surface area contributed by atoms with Gasteiger partial charge >= 0.3 is 0 Å². The van der Waals surface area contributed by atoms with Gasteiger partial charge in [-0.25, -0.2) is 0 Å². The Bertz CT molecular complexity index is 612. The highest BCUT2D eigenvalue weighted by molar-refractivity contribution is 9.10. The third kappa shape index (κ3) is 4.08. The molecule has 1 heterocycles. The molecule has 0 aliphatic heterocycles. The van der Waals surface area contributed by atoms with Gasteiger partial charge in [-0.1, -0.05) is 22.9 Å². The number of hydrogen-bond donors (Lipinski definition) is 1. The zero-order valence-corrected chi connectivity index (χ0v) is 15.3. The molecule has 0 bridgehead atoms. The van der Waals surface area contributed by atoms with Crippen molar-refractivity contribution >= 4 is 27.7 Å². The van der Waals surface area contributed by atoms with Crippen LogP contribution in [-0.2, 0) is 7.05 Å². The highest BCUT2D eigenvalue weighted by atomic mass is 79.9. The van der Waals surface area contributed by atoms with E-state index in [0.717, 1.165) is 28.4 Å². The quantitative estimate of drug-likeness (QED) is 0.833. The number of hydrogen-bond acceptors (Lipinski definition) is 4. The van der Waals surface area contributed by atoms with Crippen LogP contribution in [0.15, 0.2) is 32.7 Å². The fraction of sp³-hybridized carbons (Fsp3) is 0.467. The molecule has 0 aliphatic carbocycles. The van der Waals surface area contributed by atoms with Gasteiger partial charge in [0.2, 0.25) is 0 Å². The third-order valence-corrected chi connectivity index (χ3v) is 5.02. The number of aryl methyl sites for hydroxylation is 1. The Morgan fingerprint density at radius 3 is 2.76 bits per heavy atom. The zero-order chi connectivity index (χ0) is 15.4. The average molecular weight is 369 g/mol. The minimum absolute atomic E-state index is 0.305. The van der Waals surface area contributed by atoms with E-state index < -0.39 is 0 Å². The van der Waals surface area contributed by atoms with Gasteiger partial charge in [-0.2, -0.15) is 0 Å². The minimum Gasteiger partial charge on any atom is -0.310 e. The summed E-state index contributed by atoms with van der Waals surface area (Å²) < 4.78 is 3.11. The van der Waals surface area contributed by atoms with Crippen LogP contribution in [0.2, 0.25) is 0 Å². The van der Waals surface area contributed by atoms with Crippen molar-refractivity contribution in [1.29, 1.82) is 0 Å². The van der Waals surface area contributed by atoms with E-state index in [9.17, 15) is 0 Å². The van der Waals surface area contributed by atoms with Gasteiger partial charge in [0, 0.05) is 22.5 Å². The Balaban J connectivity index is 2.28. The van der Waals surface area contributed by atoms with Crippen LogP contribution in [0.1, 0.15) is 37.7 Å². The lowest BCUT2D eigenvalue weighted by Gasteiger charge is -2.17. The SMILES string of the molecule is CCCNC(C)c1cc(Br)ccc1Sc1nnc(C)n1C. The summed E-state index contributed by atoms with van der Waals surface area (Å²) in [6.07, 6.45) is 1.13. The smallest absolute Gasteiger partial charge is 0.195 e. The summed E-state index contributed by atoms with van der Waals surface area (Å²) in [4.78, 5) is 1.21. The first kappa shape index (κ1) is 16.5. The van der Waals surface area contributed by atoms with Crippen molar-refractivity contribution < 1.29 is 0 Å². The van der Waals surface area contributed by atoms with Crippen molar-refractivity contribution in [3.05, 3.63) is 34.1 Å². The zero-order valence-electron chi connectivity index (χ0n) is 12.9. The van der Waals surface area contributed by atoms with E-state index >= 15 is 0 Å². The van der Waals surface area contributed by atoms with Crippen LogP contribution >= 0.6 is 27.7 Å². The van der Waals surface area contributed by atoms with E-state index in [1.807, 2.05) is 18.5 Å². The molecule has 0 saturated heterocycles. The maximum atomic E-state index is 4.24. The van der Waals surface area contributed by atoms with Crippen molar-refractivity contribution in [2.75, 3.05) is 6.54 Å². The fourth-order valence-electron chi connectivity index (χ4n) is 2.00. The summed E-state index contributed by atoms with van der Waals surface area (Å²) in [6, 6.07) is 6.69. The van der Waals surface area contributed by atoms with Gasteiger partial charge in [0.1, 0.15) is 5.82 Å². The van der Waals surface area contributed by atoms with Crippen LogP contribution in [0.25, 0.3) is 0 Å². The van der Waals surface area contributed by atoms with Crippen LogP contribution in [0.4, 0.5) is 0 Å². The summed E-state index contributed by atoms with van der Waals surface area (Å²) >= 11 is 5.23. The molecule has 0 fully saturated rings. The molecule has 2 aromatic rings. The van der Waals surface area contributed by atoms with Gasteiger partial charge in [-0.15, -0.1) is 10.2 Å². The lowest BCUT2D eigenvalue weighted by molar-refractivity contribution is 0.563. The third-order valence-electron chi connectivity index (χ3n) is 3.39. The minimum atomic E-state index is 0.305. The lowest BCUT2D eigenvalue weighted by atomic mass is 10.1. The molecule has 4 nitrogen and oxygen atoms in total. The van der Waals surface area contributed by atoms with Gasteiger partial charge in [0.25, 0.3) is 0 Å². The summed E-state index contributed by atoms with van der Waals surface area (Å²) in [6.45, 7) is 7.36.